The van der Waals surface area contributed by atoms with E-state index in [0.717, 1.165) is 10.0 Å². The summed E-state index contributed by atoms with van der Waals surface area (Å²) in [6, 6.07) is 14.4. The van der Waals surface area contributed by atoms with Crippen molar-refractivity contribution in [2.75, 3.05) is 10.8 Å². The fraction of sp³-hybridized carbons (Fsp3) is 0.263. The molecular formula is C19H22ClN3O3S. The van der Waals surface area contributed by atoms with Crippen LogP contribution in [0.1, 0.15) is 26.7 Å². The van der Waals surface area contributed by atoms with Crippen LogP contribution in [0.15, 0.2) is 64.6 Å². The molecule has 2 aromatic rings. The summed E-state index contributed by atoms with van der Waals surface area (Å²) in [7, 11) is -3.98. The normalized spacial score (nSPS) is 10.9. The van der Waals surface area contributed by atoms with Gasteiger partial charge in [-0.2, -0.15) is 5.10 Å². The number of amides is 1. The van der Waals surface area contributed by atoms with Crippen molar-refractivity contribution in [2.24, 2.45) is 5.10 Å². The predicted molar refractivity (Wildman–Crippen MR) is 109 cm³/mol. The molecule has 2 rings (SSSR count). The van der Waals surface area contributed by atoms with E-state index in [1.807, 2.05) is 13.8 Å². The van der Waals surface area contributed by atoms with Gasteiger partial charge in [0.15, 0.2) is 0 Å². The van der Waals surface area contributed by atoms with Gasteiger partial charge < -0.3 is 0 Å². The van der Waals surface area contributed by atoms with Crippen molar-refractivity contribution in [2.45, 2.75) is 31.6 Å². The third-order valence-electron chi connectivity index (χ3n) is 3.89. The van der Waals surface area contributed by atoms with Gasteiger partial charge in [0.2, 0.25) is 0 Å². The zero-order chi connectivity index (χ0) is 19.9. The van der Waals surface area contributed by atoms with Crippen molar-refractivity contribution in [3.05, 3.63) is 59.6 Å². The van der Waals surface area contributed by atoms with Gasteiger partial charge in [-0.05, 0) is 37.1 Å². The van der Waals surface area contributed by atoms with Crippen LogP contribution in [-0.2, 0) is 14.8 Å². The average Bonchev–Trinajstić information content (AvgIpc) is 2.68. The molecular weight excluding hydrogens is 386 g/mol. The maximum absolute atomic E-state index is 13.1. The highest BCUT2D eigenvalue weighted by Gasteiger charge is 2.28. The second-order valence-corrected chi connectivity index (χ2v) is 7.97. The molecule has 0 heterocycles. The lowest BCUT2D eigenvalue weighted by molar-refractivity contribution is -0.119. The van der Waals surface area contributed by atoms with E-state index in [0.29, 0.717) is 12.8 Å². The Morgan fingerprint density at radius 3 is 2.22 bits per heavy atom. The van der Waals surface area contributed by atoms with Gasteiger partial charge in [0.05, 0.1) is 15.6 Å². The zero-order valence-electron chi connectivity index (χ0n) is 15.2. The van der Waals surface area contributed by atoms with E-state index in [4.69, 9.17) is 11.6 Å². The summed E-state index contributed by atoms with van der Waals surface area (Å²) in [5.74, 6) is -0.547. The SMILES string of the molecule is CCC(CC)=NNC(=O)CN(c1ccccc1Cl)S(=O)(=O)c1ccccc1. The molecule has 0 radical (unpaired) electrons. The Morgan fingerprint density at radius 1 is 1.04 bits per heavy atom. The largest absolute Gasteiger partial charge is 0.271 e. The van der Waals surface area contributed by atoms with E-state index in [1.165, 1.54) is 12.1 Å². The number of anilines is 1. The van der Waals surface area contributed by atoms with Crippen molar-refractivity contribution in [3.63, 3.8) is 0 Å². The standard InChI is InChI=1S/C19H22ClN3O3S/c1-3-15(4-2)21-22-19(24)14-23(18-13-9-8-12-17(18)20)27(25,26)16-10-6-5-7-11-16/h5-13H,3-4,14H2,1-2H3,(H,22,24). The number of hydrogen-bond donors (Lipinski definition) is 1. The van der Waals surface area contributed by atoms with Crippen LogP contribution in [0.2, 0.25) is 5.02 Å². The second kappa shape index (κ2) is 9.53. The first-order valence-electron chi connectivity index (χ1n) is 8.56. The Hall–Kier alpha value is -2.38. The van der Waals surface area contributed by atoms with E-state index in [1.54, 1.807) is 42.5 Å². The third kappa shape index (κ3) is 5.30. The van der Waals surface area contributed by atoms with Crippen LogP contribution in [0.25, 0.3) is 0 Å². The highest BCUT2D eigenvalue weighted by atomic mass is 35.5. The lowest BCUT2D eigenvalue weighted by atomic mass is 10.2. The minimum absolute atomic E-state index is 0.0732. The molecule has 0 aliphatic heterocycles. The number of sulfonamides is 1. The number of rotatable bonds is 8. The van der Waals surface area contributed by atoms with Crippen molar-refractivity contribution >= 4 is 38.9 Å². The Bertz CT molecular complexity index is 909. The van der Waals surface area contributed by atoms with E-state index in [-0.39, 0.29) is 15.6 Å². The Labute approximate surface area is 164 Å². The molecule has 0 bridgehead atoms. The summed E-state index contributed by atoms with van der Waals surface area (Å²) < 4.78 is 27.2. The molecule has 0 saturated carbocycles. The van der Waals surface area contributed by atoms with Crippen LogP contribution in [0.3, 0.4) is 0 Å². The van der Waals surface area contributed by atoms with E-state index >= 15 is 0 Å². The minimum Gasteiger partial charge on any atom is -0.271 e. The highest BCUT2D eigenvalue weighted by Crippen LogP contribution is 2.30. The fourth-order valence-electron chi connectivity index (χ4n) is 2.39. The number of para-hydroxylation sites is 1. The van der Waals surface area contributed by atoms with Crippen LogP contribution in [0.5, 0.6) is 0 Å². The number of nitrogens with zero attached hydrogens (tertiary/aromatic N) is 2. The van der Waals surface area contributed by atoms with Gasteiger partial charge in [-0.1, -0.05) is 55.8 Å². The molecule has 0 aliphatic rings. The van der Waals surface area contributed by atoms with E-state index in [2.05, 4.69) is 10.5 Å². The van der Waals surface area contributed by atoms with Gasteiger partial charge in [0, 0.05) is 5.71 Å². The molecule has 144 valence electrons. The molecule has 2 aromatic carbocycles. The van der Waals surface area contributed by atoms with Crippen LogP contribution in [0.4, 0.5) is 5.69 Å². The molecule has 27 heavy (non-hydrogen) atoms. The van der Waals surface area contributed by atoms with Gasteiger partial charge in [0.25, 0.3) is 15.9 Å². The van der Waals surface area contributed by atoms with Gasteiger partial charge in [-0.15, -0.1) is 0 Å². The van der Waals surface area contributed by atoms with Crippen molar-refractivity contribution in [3.8, 4) is 0 Å². The van der Waals surface area contributed by atoms with Crippen LogP contribution in [0, 0.1) is 0 Å². The molecule has 6 nitrogen and oxygen atoms in total. The zero-order valence-corrected chi connectivity index (χ0v) is 16.8. The molecule has 0 aliphatic carbocycles. The molecule has 0 unspecified atom stereocenters. The lowest BCUT2D eigenvalue weighted by Crippen LogP contribution is -2.40. The monoisotopic (exact) mass is 407 g/mol. The van der Waals surface area contributed by atoms with E-state index < -0.39 is 22.5 Å². The first-order chi connectivity index (χ1) is 12.9. The number of benzene rings is 2. The molecule has 0 atom stereocenters. The molecule has 8 heteroatoms. The first-order valence-corrected chi connectivity index (χ1v) is 10.4. The van der Waals surface area contributed by atoms with E-state index in [9.17, 15) is 13.2 Å². The van der Waals surface area contributed by atoms with Gasteiger partial charge in [-0.3, -0.25) is 9.10 Å². The Morgan fingerprint density at radius 2 is 1.63 bits per heavy atom. The average molecular weight is 408 g/mol. The van der Waals surface area contributed by atoms with Crippen molar-refractivity contribution in [1.82, 2.24) is 5.43 Å². The third-order valence-corrected chi connectivity index (χ3v) is 5.99. The second-order valence-electron chi connectivity index (χ2n) is 5.70. The number of hydrogen-bond acceptors (Lipinski definition) is 4. The van der Waals surface area contributed by atoms with Crippen LogP contribution >= 0.6 is 11.6 Å². The quantitative estimate of drug-likeness (QED) is 0.533. The summed E-state index contributed by atoms with van der Waals surface area (Å²) >= 11 is 6.20. The number of hydrazone groups is 1. The molecule has 0 saturated heterocycles. The first kappa shape index (κ1) is 20.9. The van der Waals surface area contributed by atoms with Gasteiger partial charge >= 0.3 is 0 Å². The summed E-state index contributed by atoms with van der Waals surface area (Å²) in [5, 5.41) is 4.28. The Balaban J connectivity index is 2.39. The van der Waals surface area contributed by atoms with Gasteiger partial charge in [-0.25, -0.2) is 13.8 Å². The summed E-state index contributed by atoms with van der Waals surface area (Å²) in [6.07, 6.45) is 1.40. The maximum Gasteiger partial charge on any atom is 0.264 e. The lowest BCUT2D eigenvalue weighted by Gasteiger charge is -2.24. The predicted octanol–water partition coefficient (Wildman–Crippen LogP) is 3.83. The number of carbonyl (C=O) groups is 1. The fourth-order valence-corrected chi connectivity index (χ4v) is 4.14. The Kier molecular flexibility index (Phi) is 7.38. The number of nitrogens with one attached hydrogen (secondary N) is 1. The summed E-state index contributed by atoms with van der Waals surface area (Å²) in [6.45, 7) is 3.43. The molecule has 0 aromatic heterocycles. The van der Waals surface area contributed by atoms with Crippen LogP contribution in [-0.4, -0.2) is 26.6 Å². The molecule has 1 N–H and O–H groups in total. The highest BCUT2D eigenvalue weighted by molar-refractivity contribution is 7.92. The maximum atomic E-state index is 13.1. The summed E-state index contributed by atoms with van der Waals surface area (Å²) in [5.41, 5.74) is 3.48. The molecule has 0 spiro atoms. The number of halogens is 1. The van der Waals surface area contributed by atoms with Crippen molar-refractivity contribution in [1.29, 1.82) is 0 Å². The molecule has 1 amide bonds. The smallest absolute Gasteiger partial charge is 0.264 e. The number of carbonyl (C=O) groups excluding carboxylic acids is 1. The summed E-state index contributed by atoms with van der Waals surface area (Å²) in [4.78, 5) is 12.5. The van der Waals surface area contributed by atoms with Crippen molar-refractivity contribution < 1.29 is 13.2 Å². The van der Waals surface area contributed by atoms with Gasteiger partial charge in [0.1, 0.15) is 6.54 Å². The topological polar surface area (TPSA) is 78.8 Å². The van der Waals surface area contributed by atoms with Crippen LogP contribution < -0.4 is 9.73 Å². The minimum atomic E-state index is -3.98. The molecule has 0 fully saturated rings.